The fourth-order valence-electron chi connectivity index (χ4n) is 3.31. The van der Waals surface area contributed by atoms with Crippen molar-refractivity contribution in [2.75, 3.05) is 26.2 Å². The largest absolute Gasteiger partial charge is 0.463 e. The molecule has 0 saturated carbocycles. The van der Waals surface area contributed by atoms with Gasteiger partial charge in [-0.3, -0.25) is 9.69 Å². The first kappa shape index (κ1) is 15.0. The van der Waals surface area contributed by atoms with Crippen LogP contribution in [-0.2, 0) is 6.54 Å². The van der Waals surface area contributed by atoms with Gasteiger partial charge in [0.05, 0.1) is 11.8 Å². The van der Waals surface area contributed by atoms with Crippen molar-refractivity contribution in [3.63, 3.8) is 0 Å². The summed E-state index contributed by atoms with van der Waals surface area (Å²) in [6.45, 7) is 4.41. The molecule has 0 aliphatic carbocycles. The number of hydrogen-bond donors (Lipinski definition) is 1. The van der Waals surface area contributed by atoms with E-state index in [0.717, 1.165) is 50.2 Å². The molecule has 3 aromatic rings. The third-order valence-corrected chi connectivity index (χ3v) is 4.60. The standard InChI is InChI=1S/C19H21N3O2/c23-19(17-13-18-16(20-17)7-12-24-18)22-9-4-8-21(10-11-22)14-15-5-2-1-3-6-15/h1-3,5-7,12-13,20H,4,8-11,14H2. The summed E-state index contributed by atoms with van der Waals surface area (Å²) in [5.41, 5.74) is 3.54. The van der Waals surface area contributed by atoms with E-state index >= 15 is 0 Å². The fraction of sp³-hybridized carbons (Fsp3) is 0.316. The number of amides is 1. The van der Waals surface area contributed by atoms with E-state index < -0.39 is 0 Å². The predicted octanol–water partition coefficient (Wildman–Crippen LogP) is 3.11. The Hall–Kier alpha value is -2.53. The van der Waals surface area contributed by atoms with Crippen LogP contribution < -0.4 is 0 Å². The minimum Gasteiger partial charge on any atom is -0.463 e. The van der Waals surface area contributed by atoms with Gasteiger partial charge in [-0.15, -0.1) is 0 Å². The molecule has 1 aromatic carbocycles. The Kier molecular flexibility index (Phi) is 4.09. The van der Waals surface area contributed by atoms with Crippen molar-refractivity contribution >= 4 is 17.0 Å². The quantitative estimate of drug-likeness (QED) is 0.806. The second-order valence-electron chi connectivity index (χ2n) is 6.29. The minimum atomic E-state index is 0.0583. The van der Waals surface area contributed by atoms with E-state index in [4.69, 9.17) is 4.42 Å². The zero-order valence-electron chi connectivity index (χ0n) is 13.6. The summed E-state index contributed by atoms with van der Waals surface area (Å²) in [6, 6.07) is 14.1. The summed E-state index contributed by atoms with van der Waals surface area (Å²) >= 11 is 0. The van der Waals surface area contributed by atoms with Crippen LogP contribution in [0.2, 0.25) is 0 Å². The Morgan fingerprint density at radius 2 is 1.96 bits per heavy atom. The molecule has 4 rings (SSSR count). The number of benzene rings is 1. The van der Waals surface area contributed by atoms with Crippen LogP contribution in [0.5, 0.6) is 0 Å². The number of carbonyl (C=O) groups excluding carboxylic acids is 1. The number of rotatable bonds is 3. The molecule has 1 aliphatic heterocycles. The third kappa shape index (κ3) is 3.08. The summed E-state index contributed by atoms with van der Waals surface area (Å²) in [7, 11) is 0. The van der Waals surface area contributed by atoms with Crippen molar-refractivity contribution in [2.45, 2.75) is 13.0 Å². The SMILES string of the molecule is O=C(c1cc2occc2[nH]1)N1CCCN(Cc2ccccc2)CC1. The number of furan rings is 1. The van der Waals surface area contributed by atoms with Gasteiger partial charge < -0.3 is 14.3 Å². The number of fused-ring (bicyclic) bond motifs is 1. The Bertz CT molecular complexity index is 793. The van der Waals surface area contributed by atoms with Crippen LogP contribution in [0, 0.1) is 0 Å². The molecule has 1 amide bonds. The number of hydrogen-bond acceptors (Lipinski definition) is 3. The van der Waals surface area contributed by atoms with E-state index in [-0.39, 0.29) is 5.91 Å². The molecule has 24 heavy (non-hydrogen) atoms. The highest BCUT2D eigenvalue weighted by molar-refractivity contribution is 5.96. The molecule has 1 aliphatic rings. The molecule has 124 valence electrons. The van der Waals surface area contributed by atoms with E-state index in [1.54, 1.807) is 12.3 Å². The Morgan fingerprint density at radius 1 is 1.08 bits per heavy atom. The molecule has 1 saturated heterocycles. The van der Waals surface area contributed by atoms with Crippen LogP contribution in [-0.4, -0.2) is 46.9 Å². The summed E-state index contributed by atoms with van der Waals surface area (Å²) in [5.74, 6) is 0.0583. The van der Waals surface area contributed by atoms with E-state index in [9.17, 15) is 4.79 Å². The molecule has 1 N–H and O–H groups in total. The normalized spacial score (nSPS) is 16.4. The number of aromatic amines is 1. The van der Waals surface area contributed by atoms with Gasteiger partial charge in [0, 0.05) is 44.9 Å². The monoisotopic (exact) mass is 323 g/mol. The lowest BCUT2D eigenvalue weighted by Crippen LogP contribution is -2.35. The van der Waals surface area contributed by atoms with E-state index in [2.05, 4.69) is 34.1 Å². The van der Waals surface area contributed by atoms with Crippen molar-refractivity contribution in [2.24, 2.45) is 0 Å². The van der Waals surface area contributed by atoms with Gasteiger partial charge in [-0.05, 0) is 12.0 Å². The molecule has 0 unspecified atom stereocenters. The van der Waals surface area contributed by atoms with Gasteiger partial charge in [0.2, 0.25) is 0 Å². The average Bonchev–Trinajstić information content (AvgIpc) is 3.12. The molecule has 3 heterocycles. The Morgan fingerprint density at radius 3 is 2.79 bits per heavy atom. The summed E-state index contributed by atoms with van der Waals surface area (Å²) in [6.07, 6.45) is 2.62. The number of nitrogens with zero attached hydrogens (tertiary/aromatic N) is 2. The predicted molar refractivity (Wildman–Crippen MR) is 92.8 cm³/mol. The maximum Gasteiger partial charge on any atom is 0.270 e. The van der Waals surface area contributed by atoms with E-state index in [0.29, 0.717) is 5.69 Å². The maximum absolute atomic E-state index is 12.7. The van der Waals surface area contributed by atoms with Gasteiger partial charge in [-0.25, -0.2) is 0 Å². The molecule has 2 aromatic heterocycles. The zero-order valence-corrected chi connectivity index (χ0v) is 13.6. The lowest BCUT2D eigenvalue weighted by atomic mass is 10.2. The number of carbonyl (C=O) groups is 1. The molecule has 5 nitrogen and oxygen atoms in total. The van der Waals surface area contributed by atoms with Gasteiger partial charge in [0.15, 0.2) is 5.58 Å². The van der Waals surface area contributed by atoms with Crippen LogP contribution in [0.25, 0.3) is 11.1 Å². The first-order chi connectivity index (χ1) is 11.8. The van der Waals surface area contributed by atoms with Gasteiger partial charge in [0.1, 0.15) is 5.69 Å². The van der Waals surface area contributed by atoms with E-state index in [1.165, 1.54) is 5.56 Å². The first-order valence-electron chi connectivity index (χ1n) is 8.41. The molecule has 0 radical (unpaired) electrons. The molecule has 0 atom stereocenters. The number of nitrogens with one attached hydrogen (secondary N) is 1. The molecule has 1 fully saturated rings. The third-order valence-electron chi connectivity index (χ3n) is 4.60. The van der Waals surface area contributed by atoms with Crippen LogP contribution in [0.3, 0.4) is 0 Å². The smallest absolute Gasteiger partial charge is 0.270 e. The van der Waals surface area contributed by atoms with Gasteiger partial charge in [-0.1, -0.05) is 30.3 Å². The van der Waals surface area contributed by atoms with Crippen molar-refractivity contribution in [1.82, 2.24) is 14.8 Å². The average molecular weight is 323 g/mol. The second-order valence-corrected chi connectivity index (χ2v) is 6.29. The highest BCUT2D eigenvalue weighted by Gasteiger charge is 2.22. The van der Waals surface area contributed by atoms with Crippen LogP contribution in [0.15, 0.2) is 53.1 Å². The highest BCUT2D eigenvalue weighted by atomic mass is 16.3. The van der Waals surface area contributed by atoms with Gasteiger partial charge >= 0.3 is 0 Å². The summed E-state index contributed by atoms with van der Waals surface area (Å²) in [5, 5.41) is 0. The highest BCUT2D eigenvalue weighted by Crippen LogP contribution is 2.18. The molecular formula is C19H21N3O2. The summed E-state index contributed by atoms with van der Waals surface area (Å²) in [4.78, 5) is 20.2. The molecule has 5 heteroatoms. The molecule has 0 spiro atoms. The zero-order chi connectivity index (χ0) is 16.4. The number of aromatic nitrogens is 1. The fourth-order valence-corrected chi connectivity index (χ4v) is 3.31. The Labute approximate surface area is 140 Å². The minimum absolute atomic E-state index is 0.0583. The topological polar surface area (TPSA) is 52.5 Å². The van der Waals surface area contributed by atoms with Crippen LogP contribution in [0.4, 0.5) is 0 Å². The second kappa shape index (κ2) is 6.53. The van der Waals surface area contributed by atoms with Crippen LogP contribution in [0.1, 0.15) is 22.5 Å². The van der Waals surface area contributed by atoms with Crippen molar-refractivity contribution in [3.8, 4) is 0 Å². The first-order valence-corrected chi connectivity index (χ1v) is 8.41. The van der Waals surface area contributed by atoms with Crippen molar-refractivity contribution < 1.29 is 9.21 Å². The summed E-state index contributed by atoms with van der Waals surface area (Å²) < 4.78 is 5.33. The number of H-pyrrole nitrogens is 1. The van der Waals surface area contributed by atoms with Crippen molar-refractivity contribution in [3.05, 3.63) is 60.0 Å². The lowest BCUT2D eigenvalue weighted by Gasteiger charge is -2.21. The molecular weight excluding hydrogens is 302 g/mol. The maximum atomic E-state index is 12.7. The van der Waals surface area contributed by atoms with Crippen molar-refractivity contribution in [1.29, 1.82) is 0 Å². The van der Waals surface area contributed by atoms with E-state index in [1.807, 2.05) is 17.0 Å². The lowest BCUT2D eigenvalue weighted by molar-refractivity contribution is 0.0756. The molecule has 0 bridgehead atoms. The van der Waals surface area contributed by atoms with Gasteiger partial charge in [0.25, 0.3) is 5.91 Å². The van der Waals surface area contributed by atoms with Gasteiger partial charge in [-0.2, -0.15) is 0 Å². The Balaban J connectivity index is 1.40. The van der Waals surface area contributed by atoms with Crippen LogP contribution >= 0.6 is 0 Å².